The number of rotatable bonds is 4. The second-order valence-corrected chi connectivity index (χ2v) is 5.68. The predicted molar refractivity (Wildman–Crippen MR) is 83.6 cm³/mol. The van der Waals surface area contributed by atoms with Gasteiger partial charge in [-0.25, -0.2) is 0 Å². The van der Waals surface area contributed by atoms with Crippen molar-refractivity contribution in [2.45, 2.75) is 40.8 Å². The molecule has 2 rings (SSSR count). The van der Waals surface area contributed by atoms with Crippen LogP contribution in [0.2, 0.25) is 0 Å². The van der Waals surface area contributed by atoms with Gasteiger partial charge in [0.15, 0.2) is 0 Å². The molecule has 0 fully saturated rings. The molecular formula is C15H20BrN3. The molecule has 19 heavy (non-hydrogen) atoms. The van der Waals surface area contributed by atoms with Crippen molar-refractivity contribution in [2.75, 3.05) is 5.32 Å². The summed E-state index contributed by atoms with van der Waals surface area (Å²) in [5.41, 5.74) is 5.95. The molecule has 0 bridgehead atoms. The van der Waals surface area contributed by atoms with Crippen LogP contribution in [0.4, 0.5) is 5.69 Å². The molecule has 2 aromatic rings. The highest BCUT2D eigenvalue weighted by Crippen LogP contribution is 2.22. The highest BCUT2D eigenvalue weighted by atomic mass is 79.9. The Morgan fingerprint density at radius 2 is 1.79 bits per heavy atom. The van der Waals surface area contributed by atoms with E-state index >= 15 is 0 Å². The fraction of sp³-hybridized carbons (Fsp3) is 0.400. The van der Waals surface area contributed by atoms with Crippen molar-refractivity contribution < 1.29 is 0 Å². The van der Waals surface area contributed by atoms with Gasteiger partial charge in [-0.15, -0.1) is 0 Å². The minimum Gasteiger partial charge on any atom is -0.379 e. The summed E-state index contributed by atoms with van der Waals surface area (Å²) >= 11 is 3.62. The molecule has 1 aromatic carbocycles. The number of hydrogen-bond acceptors (Lipinski definition) is 2. The van der Waals surface area contributed by atoms with E-state index in [0.29, 0.717) is 0 Å². The fourth-order valence-electron chi connectivity index (χ4n) is 2.30. The van der Waals surface area contributed by atoms with Crippen molar-refractivity contribution in [3.63, 3.8) is 0 Å². The van der Waals surface area contributed by atoms with Crippen LogP contribution in [-0.4, -0.2) is 9.78 Å². The maximum Gasteiger partial charge on any atom is 0.0739 e. The zero-order valence-corrected chi connectivity index (χ0v) is 13.5. The van der Waals surface area contributed by atoms with Gasteiger partial charge in [0.2, 0.25) is 0 Å². The van der Waals surface area contributed by atoms with Gasteiger partial charge in [0.25, 0.3) is 0 Å². The first kappa shape index (κ1) is 14.1. The molecule has 0 aliphatic rings. The summed E-state index contributed by atoms with van der Waals surface area (Å²) in [5, 5.41) is 7.99. The van der Waals surface area contributed by atoms with E-state index in [1.54, 1.807) is 0 Å². The molecule has 0 atom stereocenters. The third-order valence-corrected chi connectivity index (χ3v) is 4.17. The molecule has 0 spiro atoms. The summed E-state index contributed by atoms with van der Waals surface area (Å²) in [6.45, 7) is 10.0. The summed E-state index contributed by atoms with van der Waals surface area (Å²) in [6, 6.07) is 6.52. The van der Waals surface area contributed by atoms with Gasteiger partial charge in [-0.2, -0.15) is 5.10 Å². The van der Waals surface area contributed by atoms with Gasteiger partial charge in [-0.05, 0) is 66.9 Å². The maximum absolute atomic E-state index is 4.51. The number of hydrogen-bond donors (Lipinski definition) is 1. The average molecular weight is 322 g/mol. The Morgan fingerprint density at radius 3 is 2.37 bits per heavy atom. The van der Waals surface area contributed by atoms with Crippen molar-refractivity contribution >= 4 is 21.6 Å². The fourth-order valence-corrected chi connectivity index (χ4v) is 2.72. The molecule has 102 valence electrons. The molecule has 0 saturated carbocycles. The summed E-state index contributed by atoms with van der Waals surface area (Å²) in [7, 11) is 0. The molecule has 0 saturated heterocycles. The number of anilines is 1. The van der Waals surface area contributed by atoms with E-state index < -0.39 is 0 Å². The van der Waals surface area contributed by atoms with Crippen molar-refractivity contribution in [1.82, 2.24) is 9.78 Å². The Kier molecular flexibility index (Phi) is 4.30. The van der Waals surface area contributed by atoms with Crippen molar-refractivity contribution in [3.05, 3.63) is 45.2 Å². The SMILES string of the molecule is CCn1nc(C)c(Br)c1CNc1cc(C)cc(C)c1. The zero-order chi connectivity index (χ0) is 14.0. The molecule has 0 aliphatic heterocycles. The van der Waals surface area contributed by atoms with Crippen LogP contribution in [0.15, 0.2) is 22.7 Å². The number of nitrogens with one attached hydrogen (secondary N) is 1. The molecular weight excluding hydrogens is 302 g/mol. The first-order valence-electron chi connectivity index (χ1n) is 6.55. The second kappa shape index (κ2) is 5.78. The molecule has 0 amide bonds. The zero-order valence-electron chi connectivity index (χ0n) is 11.9. The molecule has 1 heterocycles. The highest BCUT2D eigenvalue weighted by Gasteiger charge is 2.11. The van der Waals surface area contributed by atoms with E-state index in [4.69, 9.17) is 0 Å². The Labute approximate surface area is 123 Å². The first-order chi connectivity index (χ1) is 9.01. The van der Waals surface area contributed by atoms with Gasteiger partial charge in [0.05, 0.1) is 22.4 Å². The number of aromatic nitrogens is 2. The smallest absolute Gasteiger partial charge is 0.0739 e. The maximum atomic E-state index is 4.51. The van der Waals surface area contributed by atoms with E-state index in [9.17, 15) is 0 Å². The highest BCUT2D eigenvalue weighted by molar-refractivity contribution is 9.10. The minimum atomic E-state index is 0.776. The number of nitrogens with zero attached hydrogens (tertiary/aromatic N) is 2. The molecule has 1 N–H and O–H groups in total. The lowest BCUT2D eigenvalue weighted by atomic mass is 10.1. The van der Waals surface area contributed by atoms with Crippen molar-refractivity contribution in [2.24, 2.45) is 0 Å². The Balaban J connectivity index is 2.18. The van der Waals surface area contributed by atoms with Crippen molar-refractivity contribution in [3.8, 4) is 0 Å². The normalized spacial score (nSPS) is 10.8. The van der Waals surface area contributed by atoms with Crippen LogP contribution >= 0.6 is 15.9 Å². The Bertz CT molecular complexity index is 567. The van der Waals surface area contributed by atoms with E-state index in [1.807, 2.05) is 11.6 Å². The number of benzene rings is 1. The minimum absolute atomic E-state index is 0.776. The molecule has 3 nitrogen and oxygen atoms in total. The Morgan fingerprint density at radius 1 is 1.16 bits per heavy atom. The van der Waals surface area contributed by atoms with Crippen LogP contribution in [0.25, 0.3) is 0 Å². The number of halogens is 1. The van der Waals surface area contributed by atoms with Crippen LogP contribution in [0.5, 0.6) is 0 Å². The van der Waals surface area contributed by atoms with E-state index in [1.165, 1.54) is 16.8 Å². The Hall–Kier alpha value is -1.29. The third-order valence-electron chi connectivity index (χ3n) is 3.13. The molecule has 4 heteroatoms. The largest absolute Gasteiger partial charge is 0.379 e. The van der Waals surface area contributed by atoms with Gasteiger partial charge in [-0.1, -0.05) is 6.07 Å². The van der Waals surface area contributed by atoms with Crippen LogP contribution in [-0.2, 0) is 13.1 Å². The van der Waals surface area contributed by atoms with E-state index in [2.05, 4.69) is 65.3 Å². The van der Waals surface area contributed by atoms with Gasteiger partial charge in [0.1, 0.15) is 0 Å². The standard InChI is InChI=1S/C15H20BrN3/c1-5-19-14(15(16)12(4)18-19)9-17-13-7-10(2)6-11(3)8-13/h6-8,17H,5,9H2,1-4H3. The van der Waals surface area contributed by atoms with Crippen LogP contribution in [0, 0.1) is 20.8 Å². The summed E-state index contributed by atoms with van der Waals surface area (Å²) < 4.78 is 3.14. The van der Waals surface area contributed by atoms with Crippen molar-refractivity contribution in [1.29, 1.82) is 0 Å². The number of aryl methyl sites for hydroxylation is 4. The average Bonchev–Trinajstić information content (AvgIpc) is 2.62. The van der Waals surface area contributed by atoms with Gasteiger partial charge in [0, 0.05) is 12.2 Å². The first-order valence-corrected chi connectivity index (χ1v) is 7.34. The monoisotopic (exact) mass is 321 g/mol. The lowest BCUT2D eigenvalue weighted by Gasteiger charge is -2.10. The van der Waals surface area contributed by atoms with Gasteiger partial charge < -0.3 is 5.32 Å². The van der Waals surface area contributed by atoms with Gasteiger partial charge >= 0.3 is 0 Å². The lowest BCUT2D eigenvalue weighted by Crippen LogP contribution is -2.08. The summed E-state index contributed by atoms with van der Waals surface area (Å²) in [6.07, 6.45) is 0. The van der Waals surface area contributed by atoms with Gasteiger partial charge in [-0.3, -0.25) is 4.68 Å². The van der Waals surface area contributed by atoms with E-state index in [0.717, 1.165) is 28.9 Å². The predicted octanol–water partition coefficient (Wildman–Crippen LogP) is 4.20. The lowest BCUT2D eigenvalue weighted by molar-refractivity contribution is 0.622. The summed E-state index contributed by atoms with van der Waals surface area (Å²) in [4.78, 5) is 0. The summed E-state index contributed by atoms with van der Waals surface area (Å²) in [5.74, 6) is 0. The third kappa shape index (κ3) is 3.18. The van der Waals surface area contributed by atoms with Crippen LogP contribution < -0.4 is 5.32 Å². The van der Waals surface area contributed by atoms with Crippen LogP contribution in [0.1, 0.15) is 29.4 Å². The topological polar surface area (TPSA) is 29.9 Å². The molecule has 1 aromatic heterocycles. The van der Waals surface area contributed by atoms with E-state index in [-0.39, 0.29) is 0 Å². The quantitative estimate of drug-likeness (QED) is 0.914. The molecule has 0 radical (unpaired) electrons. The second-order valence-electron chi connectivity index (χ2n) is 4.89. The molecule has 0 aliphatic carbocycles. The molecule has 0 unspecified atom stereocenters. The van der Waals surface area contributed by atoms with Crippen LogP contribution in [0.3, 0.4) is 0 Å².